The van der Waals surface area contributed by atoms with Crippen molar-refractivity contribution in [3.63, 3.8) is 0 Å². The Bertz CT molecular complexity index is 1080. The number of esters is 1. The number of carbonyl (C=O) groups excluding carboxylic acids is 1. The number of ether oxygens (including phenoxy) is 1. The molecule has 3 aromatic rings. The van der Waals surface area contributed by atoms with Crippen molar-refractivity contribution in [1.82, 2.24) is 19.7 Å². The summed E-state index contributed by atoms with van der Waals surface area (Å²) in [4.78, 5) is 42.9. The molecule has 0 aliphatic heterocycles. The fourth-order valence-electron chi connectivity index (χ4n) is 2.56. The van der Waals surface area contributed by atoms with E-state index in [4.69, 9.17) is 4.74 Å². The smallest absolute Gasteiger partial charge is 0.359 e. The van der Waals surface area contributed by atoms with Gasteiger partial charge in [-0.15, -0.1) is 0 Å². The number of nitrogens with zero attached hydrogens (tertiary/aromatic N) is 3. The molecule has 3 rings (SSSR count). The maximum absolute atomic E-state index is 12.2. The van der Waals surface area contributed by atoms with Crippen LogP contribution < -0.4 is 11.1 Å². The largest absolute Gasteiger partial charge is 0.453 e. The highest BCUT2D eigenvalue weighted by Gasteiger charge is 2.13. The van der Waals surface area contributed by atoms with E-state index in [1.54, 1.807) is 12.1 Å². The Morgan fingerprint density at radius 1 is 1.23 bits per heavy atom. The van der Waals surface area contributed by atoms with E-state index in [2.05, 4.69) is 15.1 Å². The van der Waals surface area contributed by atoms with Gasteiger partial charge in [-0.3, -0.25) is 9.59 Å². The van der Waals surface area contributed by atoms with Crippen molar-refractivity contribution < 1.29 is 9.53 Å². The molecule has 1 aromatic carbocycles. The normalized spacial score (nSPS) is 10.8. The molecule has 0 aliphatic carbocycles. The van der Waals surface area contributed by atoms with Gasteiger partial charge in [-0.25, -0.2) is 14.5 Å². The number of rotatable bonds is 5. The molecule has 0 saturated heterocycles. The van der Waals surface area contributed by atoms with E-state index in [1.807, 2.05) is 19.9 Å². The van der Waals surface area contributed by atoms with Crippen LogP contribution in [0.1, 0.15) is 35.2 Å². The second-order valence-corrected chi connectivity index (χ2v) is 5.84. The summed E-state index contributed by atoms with van der Waals surface area (Å²) in [5.74, 6) is -0.450. The van der Waals surface area contributed by atoms with Crippen molar-refractivity contribution in [3.8, 4) is 0 Å². The number of para-hydroxylation sites is 1. The summed E-state index contributed by atoms with van der Waals surface area (Å²) >= 11 is 0. The second-order valence-electron chi connectivity index (χ2n) is 5.84. The van der Waals surface area contributed by atoms with Crippen LogP contribution in [-0.2, 0) is 17.9 Å². The van der Waals surface area contributed by atoms with Crippen LogP contribution >= 0.6 is 0 Å². The van der Waals surface area contributed by atoms with Gasteiger partial charge < -0.3 is 9.72 Å². The first kappa shape index (κ1) is 17.5. The van der Waals surface area contributed by atoms with Crippen LogP contribution in [0.3, 0.4) is 0 Å². The van der Waals surface area contributed by atoms with E-state index in [-0.39, 0.29) is 29.2 Å². The topological polar surface area (TPSA) is 107 Å². The fraction of sp³-hybridized carbons (Fsp3) is 0.278. The first-order valence-corrected chi connectivity index (χ1v) is 8.23. The number of H-pyrrole nitrogens is 1. The maximum Gasteiger partial charge on any atom is 0.359 e. The molecular weight excluding hydrogens is 336 g/mol. The molecule has 0 fully saturated rings. The highest BCUT2D eigenvalue weighted by Crippen LogP contribution is 2.12. The molecule has 0 unspecified atom stereocenters. The first-order chi connectivity index (χ1) is 12.5. The second kappa shape index (κ2) is 7.30. The number of aromatic amines is 1. The van der Waals surface area contributed by atoms with Gasteiger partial charge in [0.25, 0.3) is 11.1 Å². The average molecular weight is 354 g/mol. The van der Waals surface area contributed by atoms with Gasteiger partial charge in [0.15, 0.2) is 5.69 Å². The number of benzene rings is 1. The molecule has 2 aromatic heterocycles. The highest BCUT2D eigenvalue weighted by atomic mass is 16.5. The number of hydrogen-bond acceptors (Lipinski definition) is 6. The molecular formula is C18H18N4O4. The van der Waals surface area contributed by atoms with Crippen molar-refractivity contribution in [2.45, 2.75) is 33.4 Å². The van der Waals surface area contributed by atoms with Crippen molar-refractivity contribution in [2.24, 2.45) is 0 Å². The SMILES string of the molecule is CCCn1nc(C(=O)OCc2nc3c(C)cccc3c(=O)[nH]2)ccc1=O. The lowest BCUT2D eigenvalue weighted by atomic mass is 10.1. The zero-order valence-corrected chi connectivity index (χ0v) is 14.5. The summed E-state index contributed by atoms with van der Waals surface area (Å²) in [5, 5.41) is 4.47. The van der Waals surface area contributed by atoms with Gasteiger partial charge in [-0.2, -0.15) is 5.10 Å². The van der Waals surface area contributed by atoms with Crippen molar-refractivity contribution >= 4 is 16.9 Å². The Balaban J connectivity index is 1.81. The molecule has 0 amide bonds. The molecule has 0 atom stereocenters. The summed E-state index contributed by atoms with van der Waals surface area (Å²) in [6.45, 7) is 3.97. The van der Waals surface area contributed by atoms with E-state index < -0.39 is 5.97 Å². The number of hydrogen-bond donors (Lipinski definition) is 1. The minimum absolute atomic E-state index is 0.0253. The van der Waals surface area contributed by atoms with Crippen molar-refractivity contribution in [2.75, 3.05) is 0 Å². The summed E-state index contributed by atoms with van der Waals surface area (Å²) in [6, 6.07) is 7.91. The van der Waals surface area contributed by atoms with Crippen LogP contribution in [0.25, 0.3) is 10.9 Å². The molecule has 1 N–H and O–H groups in total. The number of aryl methyl sites for hydroxylation is 2. The minimum Gasteiger partial charge on any atom is -0.453 e. The lowest BCUT2D eigenvalue weighted by Crippen LogP contribution is -2.25. The van der Waals surface area contributed by atoms with Gasteiger partial charge in [0.1, 0.15) is 12.4 Å². The van der Waals surface area contributed by atoms with Gasteiger partial charge in [0, 0.05) is 12.6 Å². The number of nitrogens with one attached hydrogen (secondary N) is 1. The standard InChI is InChI=1S/C18H18N4O4/c1-3-9-22-15(23)8-7-13(21-22)18(25)26-10-14-19-16-11(2)5-4-6-12(16)17(24)20-14/h4-8H,3,9-10H2,1-2H3,(H,19,20,24). The number of carbonyl (C=O) groups is 1. The monoisotopic (exact) mass is 354 g/mol. The average Bonchev–Trinajstić information content (AvgIpc) is 2.62. The van der Waals surface area contributed by atoms with Crippen LogP contribution in [0.15, 0.2) is 39.9 Å². The number of fused-ring (bicyclic) bond motifs is 1. The Morgan fingerprint density at radius 2 is 2.04 bits per heavy atom. The molecule has 0 saturated carbocycles. The molecule has 0 bridgehead atoms. The summed E-state index contributed by atoms with van der Waals surface area (Å²) in [7, 11) is 0. The van der Waals surface area contributed by atoms with E-state index in [0.29, 0.717) is 23.9 Å². The van der Waals surface area contributed by atoms with Crippen LogP contribution in [0.5, 0.6) is 0 Å². The molecule has 8 nitrogen and oxygen atoms in total. The molecule has 0 radical (unpaired) electrons. The Kier molecular flexibility index (Phi) is 4.92. The molecule has 8 heteroatoms. The maximum atomic E-state index is 12.2. The van der Waals surface area contributed by atoms with Crippen LogP contribution in [-0.4, -0.2) is 25.7 Å². The van der Waals surface area contributed by atoms with Gasteiger partial charge >= 0.3 is 5.97 Å². The lowest BCUT2D eigenvalue weighted by molar-refractivity contribution is 0.0452. The lowest BCUT2D eigenvalue weighted by Gasteiger charge is -2.07. The van der Waals surface area contributed by atoms with Crippen molar-refractivity contribution in [1.29, 1.82) is 0 Å². The van der Waals surface area contributed by atoms with Gasteiger partial charge in [-0.05, 0) is 31.0 Å². The molecule has 2 heterocycles. The Labute approximate surface area is 148 Å². The van der Waals surface area contributed by atoms with Crippen LogP contribution in [0.2, 0.25) is 0 Å². The first-order valence-electron chi connectivity index (χ1n) is 8.23. The number of aromatic nitrogens is 4. The fourth-order valence-corrected chi connectivity index (χ4v) is 2.56. The molecule has 0 aliphatic rings. The third kappa shape index (κ3) is 3.53. The highest BCUT2D eigenvalue weighted by molar-refractivity contribution is 5.87. The molecule has 0 spiro atoms. The zero-order chi connectivity index (χ0) is 18.7. The van der Waals surface area contributed by atoms with Gasteiger partial charge in [-0.1, -0.05) is 19.1 Å². The third-order valence-corrected chi connectivity index (χ3v) is 3.84. The third-order valence-electron chi connectivity index (χ3n) is 3.84. The van der Waals surface area contributed by atoms with E-state index in [9.17, 15) is 14.4 Å². The quantitative estimate of drug-likeness (QED) is 0.697. The predicted molar refractivity (Wildman–Crippen MR) is 95.0 cm³/mol. The Hall–Kier alpha value is -3.29. The minimum atomic E-state index is -0.692. The molecule has 26 heavy (non-hydrogen) atoms. The summed E-state index contributed by atoms with van der Waals surface area (Å²) in [6.07, 6.45) is 0.715. The Morgan fingerprint density at radius 3 is 2.81 bits per heavy atom. The van der Waals surface area contributed by atoms with Gasteiger partial charge in [0.05, 0.1) is 10.9 Å². The van der Waals surface area contributed by atoms with Crippen molar-refractivity contribution in [3.05, 3.63) is 68.1 Å². The molecule has 134 valence electrons. The van der Waals surface area contributed by atoms with Gasteiger partial charge in [0.2, 0.25) is 0 Å². The zero-order valence-electron chi connectivity index (χ0n) is 14.5. The van der Waals surface area contributed by atoms with E-state index in [0.717, 1.165) is 5.56 Å². The van der Waals surface area contributed by atoms with E-state index >= 15 is 0 Å². The predicted octanol–water partition coefficient (Wildman–Crippen LogP) is 1.56. The van der Waals surface area contributed by atoms with Crippen LogP contribution in [0, 0.1) is 6.92 Å². The summed E-state index contributed by atoms with van der Waals surface area (Å²) in [5.41, 5.74) is 0.877. The summed E-state index contributed by atoms with van der Waals surface area (Å²) < 4.78 is 6.40. The van der Waals surface area contributed by atoms with Crippen LogP contribution in [0.4, 0.5) is 0 Å². The van der Waals surface area contributed by atoms with E-state index in [1.165, 1.54) is 16.8 Å².